The van der Waals surface area contributed by atoms with Crippen molar-refractivity contribution in [2.75, 3.05) is 11.9 Å². The van der Waals surface area contributed by atoms with Crippen molar-refractivity contribution in [3.05, 3.63) is 22.8 Å². The van der Waals surface area contributed by atoms with Crippen molar-refractivity contribution in [2.45, 2.75) is 25.8 Å². The fourth-order valence-corrected chi connectivity index (χ4v) is 1.50. The van der Waals surface area contributed by atoms with E-state index in [-0.39, 0.29) is 12.5 Å². The molecule has 0 spiro atoms. The van der Waals surface area contributed by atoms with E-state index in [1.165, 1.54) is 0 Å². The van der Waals surface area contributed by atoms with E-state index in [0.29, 0.717) is 12.2 Å². The van der Waals surface area contributed by atoms with Gasteiger partial charge in [0.2, 0.25) is 5.91 Å². The second kappa shape index (κ2) is 6.63. The summed E-state index contributed by atoms with van der Waals surface area (Å²) < 4.78 is 0.813. The number of hydrogen-bond acceptors (Lipinski definition) is 4. The van der Waals surface area contributed by atoms with Crippen molar-refractivity contribution >= 4 is 33.6 Å². The summed E-state index contributed by atoms with van der Waals surface area (Å²) in [6.45, 7) is 3.20. The zero-order chi connectivity index (χ0) is 14.5. The lowest BCUT2D eigenvalue weighted by atomic mass is 9.99. The summed E-state index contributed by atoms with van der Waals surface area (Å²) in [4.78, 5) is 26.7. The monoisotopic (exact) mass is 329 g/mol. The highest BCUT2D eigenvalue weighted by molar-refractivity contribution is 9.10. The molecular weight excluding hydrogens is 314 g/mol. The molecule has 1 unspecified atom stereocenters. The van der Waals surface area contributed by atoms with E-state index in [4.69, 9.17) is 5.11 Å². The van der Waals surface area contributed by atoms with Crippen LogP contribution in [0.5, 0.6) is 0 Å². The van der Waals surface area contributed by atoms with Crippen LogP contribution in [-0.2, 0) is 9.59 Å². The Morgan fingerprint density at radius 1 is 1.47 bits per heavy atom. The summed E-state index contributed by atoms with van der Waals surface area (Å²) in [5.74, 6) is -0.899. The van der Waals surface area contributed by atoms with Crippen molar-refractivity contribution in [1.82, 2.24) is 10.3 Å². The first kappa shape index (κ1) is 15.6. The number of halogens is 1. The largest absolute Gasteiger partial charge is 0.480 e. The number of carboxylic acids is 1. The molecule has 0 aliphatic rings. The maximum Gasteiger partial charge on any atom is 0.323 e. The molecule has 19 heavy (non-hydrogen) atoms. The van der Waals surface area contributed by atoms with E-state index < -0.39 is 11.5 Å². The van der Waals surface area contributed by atoms with Gasteiger partial charge in [-0.3, -0.25) is 14.9 Å². The molecule has 104 valence electrons. The zero-order valence-electron chi connectivity index (χ0n) is 10.7. The molecule has 1 aromatic rings. The molecule has 0 radical (unpaired) electrons. The third kappa shape index (κ3) is 4.60. The summed E-state index contributed by atoms with van der Waals surface area (Å²) in [5.41, 5.74) is -1.11. The highest BCUT2D eigenvalue weighted by Crippen LogP contribution is 2.11. The van der Waals surface area contributed by atoms with Crippen LogP contribution in [0.15, 0.2) is 22.8 Å². The van der Waals surface area contributed by atoms with Crippen LogP contribution in [0.3, 0.4) is 0 Å². The Kier molecular flexibility index (Phi) is 5.44. The molecule has 0 aromatic carbocycles. The van der Waals surface area contributed by atoms with Crippen LogP contribution in [0.1, 0.15) is 20.3 Å². The number of nitrogens with zero attached hydrogens (tertiary/aromatic N) is 1. The molecule has 0 aliphatic carbocycles. The lowest BCUT2D eigenvalue weighted by Gasteiger charge is -2.24. The van der Waals surface area contributed by atoms with Crippen molar-refractivity contribution in [2.24, 2.45) is 0 Å². The van der Waals surface area contributed by atoms with E-state index in [0.717, 1.165) is 4.47 Å². The van der Waals surface area contributed by atoms with Crippen molar-refractivity contribution in [3.8, 4) is 0 Å². The van der Waals surface area contributed by atoms with E-state index in [9.17, 15) is 9.59 Å². The molecule has 1 rings (SSSR count). The number of anilines is 1. The van der Waals surface area contributed by atoms with Crippen LogP contribution >= 0.6 is 15.9 Å². The van der Waals surface area contributed by atoms with Gasteiger partial charge in [-0.15, -0.1) is 0 Å². The number of amides is 1. The average molecular weight is 330 g/mol. The lowest BCUT2D eigenvalue weighted by Crippen LogP contribution is -2.51. The molecule has 0 fully saturated rings. The summed E-state index contributed by atoms with van der Waals surface area (Å²) in [6.07, 6.45) is 1.95. The Bertz CT molecular complexity index is 464. The van der Waals surface area contributed by atoms with Gasteiger partial charge in [-0.05, 0) is 41.4 Å². The van der Waals surface area contributed by atoms with E-state index in [2.05, 4.69) is 31.5 Å². The van der Waals surface area contributed by atoms with Gasteiger partial charge in [0.25, 0.3) is 0 Å². The maximum atomic E-state index is 11.7. The van der Waals surface area contributed by atoms with Crippen molar-refractivity contribution in [1.29, 1.82) is 0 Å². The molecule has 0 saturated heterocycles. The number of carboxylic acid groups (broad SMARTS) is 1. The molecule has 3 N–H and O–H groups in total. The molecule has 1 atom stereocenters. The Hall–Kier alpha value is -1.47. The van der Waals surface area contributed by atoms with Crippen LogP contribution < -0.4 is 10.6 Å². The van der Waals surface area contributed by atoms with Crippen LogP contribution in [0.4, 0.5) is 5.82 Å². The summed E-state index contributed by atoms with van der Waals surface area (Å²) in [7, 11) is 0. The highest BCUT2D eigenvalue weighted by Gasteiger charge is 2.30. The summed E-state index contributed by atoms with van der Waals surface area (Å²) in [5, 5.41) is 14.4. The van der Waals surface area contributed by atoms with Gasteiger partial charge in [-0.25, -0.2) is 4.98 Å². The number of hydrogen-bond donors (Lipinski definition) is 3. The van der Waals surface area contributed by atoms with Crippen molar-refractivity contribution in [3.63, 3.8) is 0 Å². The second-order valence-corrected chi connectivity index (χ2v) is 5.17. The lowest BCUT2D eigenvalue weighted by molar-refractivity contribution is -0.144. The molecule has 1 heterocycles. The fourth-order valence-electron chi connectivity index (χ4n) is 1.26. The molecule has 0 saturated carbocycles. The van der Waals surface area contributed by atoms with Crippen molar-refractivity contribution < 1.29 is 14.7 Å². The van der Waals surface area contributed by atoms with Gasteiger partial charge < -0.3 is 10.4 Å². The van der Waals surface area contributed by atoms with Crippen LogP contribution in [0.2, 0.25) is 0 Å². The van der Waals surface area contributed by atoms with Crippen LogP contribution in [-0.4, -0.2) is 34.1 Å². The first-order valence-electron chi connectivity index (χ1n) is 5.77. The summed E-state index contributed by atoms with van der Waals surface area (Å²) in [6, 6.07) is 3.40. The predicted octanol–water partition coefficient (Wildman–Crippen LogP) is 1.63. The molecule has 1 amide bonds. The van der Waals surface area contributed by atoms with Crippen LogP contribution in [0, 0.1) is 0 Å². The van der Waals surface area contributed by atoms with E-state index in [1.54, 1.807) is 32.2 Å². The smallest absolute Gasteiger partial charge is 0.323 e. The third-order valence-corrected chi connectivity index (χ3v) is 3.28. The molecule has 1 aromatic heterocycles. The predicted molar refractivity (Wildman–Crippen MR) is 74.9 cm³/mol. The number of rotatable bonds is 6. The molecular formula is C12H16BrN3O3. The maximum absolute atomic E-state index is 11.7. The number of aromatic nitrogens is 1. The van der Waals surface area contributed by atoms with Crippen LogP contribution in [0.25, 0.3) is 0 Å². The van der Waals surface area contributed by atoms with Gasteiger partial charge in [-0.2, -0.15) is 0 Å². The minimum Gasteiger partial charge on any atom is -0.480 e. The molecule has 0 aliphatic heterocycles. The number of carbonyl (C=O) groups is 2. The minimum absolute atomic E-state index is 0.0889. The topological polar surface area (TPSA) is 91.3 Å². The van der Waals surface area contributed by atoms with E-state index in [1.807, 2.05) is 0 Å². The fraction of sp³-hybridized carbons (Fsp3) is 0.417. The Morgan fingerprint density at radius 3 is 2.63 bits per heavy atom. The Morgan fingerprint density at radius 2 is 2.16 bits per heavy atom. The third-order valence-electron chi connectivity index (χ3n) is 2.81. The molecule has 7 heteroatoms. The SMILES string of the molecule is CCC(C)(NCC(=O)Nc1ccc(Br)cn1)C(=O)O. The molecule has 0 bridgehead atoms. The van der Waals surface area contributed by atoms with Gasteiger partial charge in [0.1, 0.15) is 11.4 Å². The normalized spacial score (nSPS) is 13.6. The quantitative estimate of drug-likeness (QED) is 0.737. The Labute approximate surface area is 119 Å². The average Bonchev–Trinajstić information content (AvgIpc) is 2.38. The first-order chi connectivity index (χ1) is 8.87. The van der Waals surface area contributed by atoms with Gasteiger partial charge in [0, 0.05) is 10.7 Å². The van der Waals surface area contributed by atoms with E-state index >= 15 is 0 Å². The number of nitrogens with one attached hydrogen (secondary N) is 2. The minimum atomic E-state index is -1.11. The Balaban J connectivity index is 2.52. The zero-order valence-corrected chi connectivity index (χ0v) is 12.3. The second-order valence-electron chi connectivity index (χ2n) is 4.25. The van der Waals surface area contributed by atoms with Gasteiger partial charge in [-0.1, -0.05) is 6.92 Å². The summed E-state index contributed by atoms with van der Waals surface area (Å²) >= 11 is 3.24. The number of aliphatic carboxylic acids is 1. The van der Waals surface area contributed by atoms with Gasteiger partial charge >= 0.3 is 5.97 Å². The molecule has 6 nitrogen and oxygen atoms in total. The van der Waals surface area contributed by atoms with Gasteiger partial charge in [0.15, 0.2) is 0 Å². The first-order valence-corrected chi connectivity index (χ1v) is 6.56. The van der Waals surface area contributed by atoms with Gasteiger partial charge in [0.05, 0.1) is 6.54 Å². The number of carbonyl (C=O) groups excluding carboxylic acids is 1. The highest BCUT2D eigenvalue weighted by atomic mass is 79.9. The number of pyridine rings is 1. The standard InChI is InChI=1S/C12H16BrN3O3/c1-3-12(2,11(18)19)15-7-10(17)16-9-5-4-8(13)6-14-9/h4-6,15H,3,7H2,1-2H3,(H,18,19)(H,14,16,17).